The van der Waals surface area contributed by atoms with E-state index in [0.29, 0.717) is 0 Å². The molecule has 1 aliphatic carbocycles. The number of rotatable bonds is 1. The summed E-state index contributed by atoms with van der Waals surface area (Å²) in [6.45, 7) is -0.0622. The predicted molar refractivity (Wildman–Crippen MR) is 92.8 cm³/mol. The summed E-state index contributed by atoms with van der Waals surface area (Å²) in [7, 11) is 2.10. The maximum Gasteiger partial charge on any atom is 0.140 e. The molecule has 1 aliphatic heterocycles. The minimum atomic E-state index is -0.500. The molecule has 0 bridgehead atoms. The van der Waals surface area contributed by atoms with Crippen molar-refractivity contribution in [2.75, 3.05) is 6.61 Å². The molecule has 2 aliphatic rings. The van der Waals surface area contributed by atoms with Crippen LogP contribution < -0.4 is 0 Å². The molecule has 1 saturated heterocycles. The van der Waals surface area contributed by atoms with Gasteiger partial charge in [0.1, 0.15) is 14.0 Å². The van der Waals surface area contributed by atoms with Gasteiger partial charge in [0, 0.05) is 11.4 Å². The Labute approximate surface area is 137 Å². The van der Waals surface area contributed by atoms with Crippen LogP contribution in [0.5, 0.6) is 0 Å². The van der Waals surface area contributed by atoms with Crippen LogP contribution in [0.25, 0.3) is 0 Å². The van der Waals surface area contributed by atoms with Crippen LogP contribution in [0.4, 0.5) is 0 Å². The van der Waals surface area contributed by atoms with Crippen molar-refractivity contribution in [3.8, 4) is 0 Å². The van der Waals surface area contributed by atoms with E-state index in [2.05, 4.69) is 7.85 Å². The first-order chi connectivity index (χ1) is 10.7. The summed E-state index contributed by atoms with van der Waals surface area (Å²) < 4.78 is 5.89. The standard InChI is InChI=1S/C18H35BO3/c19-17-18(16(21)15(14-20)22-17)12-10-8-6-4-2-1-3-5-7-9-11-13-18/h15-17,20-21H,1-14,19H2. The third-order valence-corrected chi connectivity index (χ3v) is 6.09. The summed E-state index contributed by atoms with van der Waals surface area (Å²) in [4.78, 5) is 0. The molecule has 3 atom stereocenters. The zero-order chi connectivity index (χ0) is 15.8. The number of aliphatic hydroxyl groups is 2. The van der Waals surface area contributed by atoms with E-state index in [-0.39, 0.29) is 24.1 Å². The molecule has 0 aromatic rings. The molecule has 2 fully saturated rings. The number of hydrogen-bond acceptors (Lipinski definition) is 3. The van der Waals surface area contributed by atoms with Gasteiger partial charge in [-0.05, 0) is 12.8 Å². The molecular formula is C18H35BO3. The van der Waals surface area contributed by atoms with Gasteiger partial charge in [-0.3, -0.25) is 0 Å². The molecule has 22 heavy (non-hydrogen) atoms. The lowest BCUT2D eigenvalue weighted by Gasteiger charge is -2.36. The van der Waals surface area contributed by atoms with E-state index < -0.39 is 6.10 Å². The predicted octanol–water partition coefficient (Wildman–Crippen LogP) is 2.77. The van der Waals surface area contributed by atoms with E-state index >= 15 is 0 Å². The van der Waals surface area contributed by atoms with Gasteiger partial charge in [0.15, 0.2) is 0 Å². The van der Waals surface area contributed by atoms with Crippen LogP contribution in [0, 0.1) is 5.41 Å². The van der Waals surface area contributed by atoms with E-state index in [9.17, 15) is 10.2 Å². The van der Waals surface area contributed by atoms with Crippen LogP contribution in [-0.2, 0) is 4.74 Å². The second-order valence-electron chi connectivity index (χ2n) is 7.57. The Hall–Kier alpha value is -0.0551. The summed E-state index contributed by atoms with van der Waals surface area (Å²) in [5.41, 5.74) is -0.127. The van der Waals surface area contributed by atoms with Gasteiger partial charge in [0.05, 0.1) is 12.7 Å². The first kappa shape index (κ1) is 18.3. The summed E-state index contributed by atoms with van der Waals surface area (Å²) in [5, 5.41) is 20.2. The van der Waals surface area contributed by atoms with E-state index in [1.165, 1.54) is 70.6 Å². The van der Waals surface area contributed by atoms with Crippen molar-refractivity contribution in [1.82, 2.24) is 0 Å². The number of ether oxygens (including phenoxy) is 1. The molecular weight excluding hydrogens is 275 g/mol. The van der Waals surface area contributed by atoms with Crippen molar-refractivity contribution < 1.29 is 14.9 Å². The lowest BCUT2D eigenvalue weighted by Crippen LogP contribution is -2.42. The van der Waals surface area contributed by atoms with Gasteiger partial charge in [-0.15, -0.1) is 0 Å². The Morgan fingerprint density at radius 1 is 0.818 bits per heavy atom. The van der Waals surface area contributed by atoms with Crippen LogP contribution >= 0.6 is 0 Å². The Balaban J connectivity index is 1.98. The summed E-state index contributed by atoms with van der Waals surface area (Å²) in [6.07, 6.45) is 15.7. The van der Waals surface area contributed by atoms with Crippen molar-refractivity contribution in [3.63, 3.8) is 0 Å². The van der Waals surface area contributed by atoms with Crippen molar-refractivity contribution >= 4 is 7.85 Å². The van der Waals surface area contributed by atoms with Gasteiger partial charge in [-0.1, -0.05) is 70.6 Å². The van der Waals surface area contributed by atoms with Gasteiger partial charge in [-0.25, -0.2) is 0 Å². The fourth-order valence-corrected chi connectivity index (χ4v) is 4.55. The van der Waals surface area contributed by atoms with Gasteiger partial charge < -0.3 is 14.9 Å². The molecule has 128 valence electrons. The van der Waals surface area contributed by atoms with Crippen LogP contribution in [0.1, 0.15) is 83.5 Å². The Morgan fingerprint density at radius 2 is 1.23 bits per heavy atom. The fraction of sp³-hybridized carbons (Fsp3) is 1.00. The Bertz CT molecular complexity index is 297. The van der Waals surface area contributed by atoms with Gasteiger partial charge in [-0.2, -0.15) is 0 Å². The molecule has 0 aromatic carbocycles. The third-order valence-electron chi connectivity index (χ3n) is 6.09. The minimum absolute atomic E-state index is 0.0622. The lowest BCUT2D eigenvalue weighted by atomic mass is 9.64. The molecule has 4 heteroatoms. The highest BCUT2D eigenvalue weighted by atomic mass is 16.5. The van der Waals surface area contributed by atoms with E-state index in [0.717, 1.165) is 12.8 Å². The fourth-order valence-electron chi connectivity index (χ4n) is 4.55. The highest BCUT2D eigenvalue weighted by Crippen LogP contribution is 2.46. The van der Waals surface area contributed by atoms with E-state index in [1.54, 1.807) is 0 Å². The first-order valence-corrected chi connectivity index (χ1v) is 9.65. The molecule has 0 aromatic heterocycles. The van der Waals surface area contributed by atoms with Crippen LogP contribution in [0.15, 0.2) is 0 Å². The van der Waals surface area contributed by atoms with E-state index in [4.69, 9.17) is 4.74 Å². The molecule has 3 unspecified atom stereocenters. The maximum absolute atomic E-state index is 10.8. The van der Waals surface area contributed by atoms with Crippen LogP contribution in [0.3, 0.4) is 0 Å². The third kappa shape index (κ3) is 4.49. The Morgan fingerprint density at radius 3 is 1.59 bits per heavy atom. The average molecular weight is 310 g/mol. The molecule has 3 nitrogen and oxygen atoms in total. The second kappa shape index (κ2) is 9.29. The monoisotopic (exact) mass is 310 g/mol. The molecule has 0 radical (unpaired) electrons. The quantitative estimate of drug-likeness (QED) is 0.732. The van der Waals surface area contributed by atoms with Crippen molar-refractivity contribution in [2.45, 2.75) is 102 Å². The van der Waals surface area contributed by atoms with Gasteiger partial charge >= 0.3 is 0 Å². The minimum Gasteiger partial charge on any atom is -0.394 e. The summed E-state index contributed by atoms with van der Waals surface area (Å²) >= 11 is 0. The van der Waals surface area contributed by atoms with Gasteiger partial charge in [0.2, 0.25) is 0 Å². The smallest absolute Gasteiger partial charge is 0.140 e. The largest absolute Gasteiger partial charge is 0.394 e. The molecule has 1 spiro atoms. The van der Waals surface area contributed by atoms with Crippen molar-refractivity contribution in [3.05, 3.63) is 0 Å². The van der Waals surface area contributed by atoms with Crippen molar-refractivity contribution in [2.24, 2.45) is 5.41 Å². The summed E-state index contributed by atoms with van der Waals surface area (Å²) in [6, 6.07) is 0.0626. The van der Waals surface area contributed by atoms with Crippen LogP contribution in [0.2, 0.25) is 0 Å². The average Bonchev–Trinajstić information content (AvgIpc) is 2.76. The zero-order valence-electron chi connectivity index (χ0n) is 14.4. The maximum atomic E-state index is 10.8. The highest BCUT2D eigenvalue weighted by Gasteiger charge is 2.52. The normalized spacial score (nSPS) is 35.3. The molecule has 2 N–H and O–H groups in total. The SMILES string of the molecule is BC1OC(CO)C(O)C12CCCCCCCCCCCCC2. The van der Waals surface area contributed by atoms with E-state index in [1.807, 2.05) is 0 Å². The molecule has 0 amide bonds. The molecule has 1 saturated carbocycles. The highest BCUT2D eigenvalue weighted by molar-refractivity contribution is 6.11. The van der Waals surface area contributed by atoms with Crippen molar-refractivity contribution in [1.29, 1.82) is 0 Å². The second-order valence-corrected chi connectivity index (χ2v) is 7.57. The topological polar surface area (TPSA) is 49.7 Å². The Kier molecular flexibility index (Phi) is 7.72. The summed E-state index contributed by atoms with van der Waals surface area (Å²) in [5.74, 6) is 0. The molecule has 1 heterocycles. The lowest BCUT2D eigenvalue weighted by molar-refractivity contribution is -0.0111. The zero-order valence-corrected chi connectivity index (χ0v) is 14.4. The first-order valence-electron chi connectivity index (χ1n) is 9.65. The molecule has 2 rings (SSSR count). The van der Waals surface area contributed by atoms with Crippen LogP contribution in [-0.4, -0.2) is 42.9 Å². The number of hydrogen-bond donors (Lipinski definition) is 2. The number of aliphatic hydroxyl groups excluding tert-OH is 2. The van der Waals surface area contributed by atoms with Gasteiger partial charge in [0.25, 0.3) is 0 Å².